The van der Waals surface area contributed by atoms with Gasteiger partial charge in [0.2, 0.25) is 5.75 Å². The van der Waals surface area contributed by atoms with Crippen molar-refractivity contribution in [2.24, 2.45) is 0 Å². The molecule has 144 valence electrons. The first-order valence-corrected chi connectivity index (χ1v) is 9.47. The fraction of sp³-hybridized carbons (Fsp3) is 0.350. The third-order valence-corrected chi connectivity index (χ3v) is 5.31. The van der Waals surface area contributed by atoms with Gasteiger partial charge in [0.25, 0.3) is 5.91 Å². The summed E-state index contributed by atoms with van der Waals surface area (Å²) in [4.78, 5) is 15.0. The summed E-state index contributed by atoms with van der Waals surface area (Å²) in [6.45, 7) is 1.65. The van der Waals surface area contributed by atoms with Crippen molar-refractivity contribution in [2.45, 2.75) is 12.5 Å². The van der Waals surface area contributed by atoms with Crippen LogP contribution in [-0.2, 0) is 0 Å². The summed E-state index contributed by atoms with van der Waals surface area (Å²) in [6.07, 6.45) is 0.886. The lowest BCUT2D eigenvalue weighted by molar-refractivity contribution is 0.0939. The van der Waals surface area contributed by atoms with E-state index >= 15 is 0 Å². The minimum absolute atomic E-state index is 0.0729. The second kappa shape index (κ2) is 8.52. The number of amides is 1. The van der Waals surface area contributed by atoms with Crippen LogP contribution in [0.4, 0.5) is 5.69 Å². The summed E-state index contributed by atoms with van der Waals surface area (Å²) >= 11 is 3.59. The molecule has 1 unspecified atom stereocenters. The third-order valence-electron chi connectivity index (χ3n) is 4.64. The van der Waals surface area contributed by atoms with Gasteiger partial charge in [-0.2, -0.15) is 0 Å². The molecule has 2 aromatic carbocycles. The Morgan fingerprint density at radius 2 is 1.78 bits per heavy atom. The Morgan fingerprint density at radius 3 is 2.37 bits per heavy atom. The number of halogens is 1. The van der Waals surface area contributed by atoms with Crippen LogP contribution < -0.4 is 24.4 Å². The molecule has 1 aliphatic heterocycles. The van der Waals surface area contributed by atoms with Crippen LogP contribution in [0, 0.1) is 0 Å². The molecule has 0 aromatic heterocycles. The van der Waals surface area contributed by atoms with Gasteiger partial charge < -0.3 is 24.4 Å². The quantitative estimate of drug-likeness (QED) is 0.753. The van der Waals surface area contributed by atoms with Crippen molar-refractivity contribution in [3.8, 4) is 17.2 Å². The minimum atomic E-state index is -0.159. The Bertz CT molecular complexity index is 802. The van der Waals surface area contributed by atoms with E-state index in [2.05, 4.69) is 32.2 Å². The summed E-state index contributed by atoms with van der Waals surface area (Å²) in [5.41, 5.74) is 1.62. The van der Waals surface area contributed by atoms with E-state index in [9.17, 15) is 4.79 Å². The maximum atomic E-state index is 12.8. The highest BCUT2D eigenvalue weighted by Crippen LogP contribution is 2.38. The molecule has 1 heterocycles. The zero-order valence-electron chi connectivity index (χ0n) is 15.6. The van der Waals surface area contributed by atoms with E-state index in [-0.39, 0.29) is 11.9 Å². The smallest absolute Gasteiger partial charge is 0.251 e. The highest BCUT2D eigenvalue weighted by atomic mass is 79.9. The molecular weight excluding hydrogens is 412 g/mol. The predicted octanol–water partition coefficient (Wildman–Crippen LogP) is 3.48. The maximum Gasteiger partial charge on any atom is 0.251 e. The Labute approximate surface area is 167 Å². The number of ether oxygens (including phenoxy) is 3. The molecule has 0 bridgehead atoms. The van der Waals surface area contributed by atoms with E-state index in [0.29, 0.717) is 22.8 Å². The molecule has 0 spiro atoms. The summed E-state index contributed by atoms with van der Waals surface area (Å²) in [7, 11) is 4.60. The zero-order chi connectivity index (χ0) is 19.4. The van der Waals surface area contributed by atoms with Gasteiger partial charge in [-0.1, -0.05) is 12.1 Å². The van der Waals surface area contributed by atoms with Crippen molar-refractivity contribution in [3.05, 3.63) is 46.4 Å². The van der Waals surface area contributed by atoms with Gasteiger partial charge in [0, 0.05) is 29.2 Å². The Kier molecular flexibility index (Phi) is 6.11. The Balaban J connectivity index is 1.72. The molecule has 0 radical (unpaired) electrons. The Morgan fingerprint density at radius 1 is 1.11 bits per heavy atom. The van der Waals surface area contributed by atoms with Gasteiger partial charge in [0.05, 0.1) is 27.0 Å². The predicted molar refractivity (Wildman–Crippen MR) is 108 cm³/mol. The van der Waals surface area contributed by atoms with Crippen molar-refractivity contribution in [3.63, 3.8) is 0 Å². The van der Waals surface area contributed by atoms with Crippen LogP contribution in [0.15, 0.2) is 40.9 Å². The normalized spacial score (nSPS) is 16.1. The molecule has 3 rings (SSSR count). The molecule has 1 fully saturated rings. The molecule has 1 N–H and O–H groups in total. The van der Waals surface area contributed by atoms with Gasteiger partial charge in [-0.3, -0.25) is 4.79 Å². The van der Waals surface area contributed by atoms with Gasteiger partial charge in [-0.05, 0) is 46.6 Å². The van der Waals surface area contributed by atoms with Gasteiger partial charge in [-0.15, -0.1) is 0 Å². The van der Waals surface area contributed by atoms with Crippen molar-refractivity contribution < 1.29 is 19.0 Å². The molecule has 1 atom stereocenters. The standard InChI is InChI=1S/C20H23BrN2O4/c1-25-17-10-13(11-18(26-2)19(17)27-3)20(24)22-14-8-9-23(12-14)16-7-5-4-6-15(16)21/h4-7,10-11,14H,8-9,12H2,1-3H3,(H,22,24). The van der Waals surface area contributed by atoms with Gasteiger partial charge >= 0.3 is 0 Å². The van der Waals surface area contributed by atoms with Crippen molar-refractivity contribution in [1.29, 1.82) is 0 Å². The number of nitrogens with zero attached hydrogens (tertiary/aromatic N) is 1. The molecule has 6 nitrogen and oxygen atoms in total. The van der Waals surface area contributed by atoms with E-state index in [1.165, 1.54) is 21.3 Å². The van der Waals surface area contributed by atoms with E-state index in [1.54, 1.807) is 12.1 Å². The van der Waals surface area contributed by atoms with E-state index < -0.39 is 0 Å². The van der Waals surface area contributed by atoms with Gasteiger partial charge in [0.15, 0.2) is 11.5 Å². The number of carbonyl (C=O) groups is 1. The van der Waals surface area contributed by atoms with Crippen molar-refractivity contribution in [1.82, 2.24) is 5.32 Å². The number of methoxy groups -OCH3 is 3. The lowest BCUT2D eigenvalue weighted by Gasteiger charge is -2.20. The van der Waals surface area contributed by atoms with E-state index in [4.69, 9.17) is 14.2 Å². The number of benzene rings is 2. The van der Waals surface area contributed by atoms with Crippen LogP contribution in [0.5, 0.6) is 17.2 Å². The summed E-state index contributed by atoms with van der Waals surface area (Å²) in [5, 5.41) is 3.11. The number of rotatable bonds is 6. The second-order valence-electron chi connectivity index (χ2n) is 6.27. The number of hydrogen-bond acceptors (Lipinski definition) is 5. The van der Waals surface area contributed by atoms with Crippen LogP contribution in [0.25, 0.3) is 0 Å². The van der Waals surface area contributed by atoms with Gasteiger partial charge in [-0.25, -0.2) is 0 Å². The lowest BCUT2D eigenvalue weighted by atomic mass is 10.1. The number of anilines is 1. The first-order valence-electron chi connectivity index (χ1n) is 8.67. The minimum Gasteiger partial charge on any atom is -0.493 e. The highest BCUT2D eigenvalue weighted by Gasteiger charge is 2.26. The van der Waals surface area contributed by atoms with Crippen LogP contribution in [0.2, 0.25) is 0 Å². The van der Waals surface area contributed by atoms with Crippen LogP contribution in [-0.4, -0.2) is 46.4 Å². The molecule has 1 saturated heterocycles. The van der Waals surface area contributed by atoms with Crippen LogP contribution in [0.3, 0.4) is 0 Å². The molecule has 1 amide bonds. The summed E-state index contributed by atoms with van der Waals surface area (Å²) in [6, 6.07) is 11.5. The summed E-state index contributed by atoms with van der Waals surface area (Å²) in [5.74, 6) is 1.23. The number of hydrogen-bond donors (Lipinski definition) is 1. The van der Waals surface area contributed by atoms with E-state index in [0.717, 1.165) is 29.7 Å². The first kappa shape index (κ1) is 19.4. The van der Waals surface area contributed by atoms with Gasteiger partial charge in [0.1, 0.15) is 0 Å². The van der Waals surface area contributed by atoms with Crippen LogP contribution in [0.1, 0.15) is 16.8 Å². The molecular formula is C20H23BrN2O4. The lowest BCUT2D eigenvalue weighted by Crippen LogP contribution is -2.37. The molecule has 7 heteroatoms. The van der Waals surface area contributed by atoms with Crippen LogP contribution >= 0.6 is 15.9 Å². The fourth-order valence-electron chi connectivity index (χ4n) is 3.29. The van der Waals surface area contributed by atoms with E-state index in [1.807, 2.05) is 18.2 Å². The average Bonchev–Trinajstić information content (AvgIpc) is 3.15. The molecule has 2 aromatic rings. The summed E-state index contributed by atoms with van der Waals surface area (Å²) < 4.78 is 17.0. The zero-order valence-corrected chi connectivity index (χ0v) is 17.2. The monoisotopic (exact) mass is 434 g/mol. The number of carbonyl (C=O) groups excluding carboxylic acids is 1. The average molecular weight is 435 g/mol. The second-order valence-corrected chi connectivity index (χ2v) is 7.12. The highest BCUT2D eigenvalue weighted by molar-refractivity contribution is 9.10. The van der Waals surface area contributed by atoms with Crippen molar-refractivity contribution in [2.75, 3.05) is 39.3 Å². The topological polar surface area (TPSA) is 60.0 Å². The van der Waals surface area contributed by atoms with Crippen molar-refractivity contribution >= 4 is 27.5 Å². The fourth-order valence-corrected chi connectivity index (χ4v) is 3.82. The molecule has 27 heavy (non-hydrogen) atoms. The Hall–Kier alpha value is -2.41. The molecule has 1 aliphatic rings. The molecule has 0 saturated carbocycles. The maximum absolute atomic E-state index is 12.8. The molecule has 0 aliphatic carbocycles. The largest absolute Gasteiger partial charge is 0.493 e. The number of nitrogens with one attached hydrogen (secondary N) is 1. The SMILES string of the molecule is COc1cc(C(=O)NC2CCN(c3ccccc3Br)C2)cc(OC)c1OC. The first-order chi connectivity index (χ1) is 13.1. The third kappa shape index (κ3) is 4.13. The number of para-hydroxylation sites is 1.